The van der Waals surface area contributed by atoms with E-state index in [1.165, 1.54) is 22.1 Å². The highest BCUT2D eigenvalue weighted by molar-refractivity contribution is 7.20. The fourth-order valence-electron chi connectivity index (χ4n) is 2.82. The second-order valence-electron chi connectivity index (χ2n) is 6.08. The van der Waals surface area contributed by atoms with Gasteiger partial charge in [0.1, 0.15) is 4.83 Å². The lowest BCUT2D eigenvalue weighted by molar-refractivity contribution is -0.0395. The van der Waals surface area contributed by atoms with Gasteiger partial charge in [-0.1, -0.05) is 5.16 Å². The quantitative estimate of drug-likeness (QED) is 0.521. The minimum Gasteiger partial charge on any atom is -0.411 e. The van der Waals surface area contributed by atoms with Crippen LogP contribution in [0.25, 0.3) is 10.2 Å². The van der Waals surface area contributed by atoms with Crippen LogP contribution in [-0.2, 0) is 11.3 Å². The number of thiophene rings is 1. The van der Waals surface area contributed by atoms with E-state index < -0.39 is 0 Å². The first-order chi connectivity index (χ1) is 11.0. The van der Waals surface area contributed by atoms with Crippen molar-refractivity contribution < 1.29 is 9.94 Å². The molecule has 0 unspecified atom stereocenters. The van der Waals surface area contributed by atoms with Gasteiger partial charge in [0.25, 0.3) is 5.56 Å². The van der Waals surface area contributed by atoms with E-state index in [9.17, 15) is 9.59 Å². The van der Waals surface area contributed by atoms with Crippen molar-refractivity contribution >= 4 is 27.8 Å². The van der Waals surface area contributed by atoms with Crippen LogP contribution in [0.4, 0.5) is 0 Å². The molecular formula is C15H19N3O4S. The maximum Gasteiger partial charge on any atom is 0.332 e. The lowest BCUT2D eigenvalue weighted by atomic mass is 10.1. The molecule has 124 valence electrons. The van der Waals surface area contributed by atoms with E-state index >= 15 is 0 Å². The van der Waals surface area contributed by atoms with Gasteiger partial charge < -0.3 is 9.94 Å². The Morgan fingerprint density at radius 1 is 1.43 bits per heavy atom. The van der Waals surface area contributed by atoms with Gasteiger partial charge in [-0.25, -0.2) is 4.79 Å². The van der Waals surface area contributed by atoms with Gasteiger partial charge in [-0.05, 0) is 26.3 Å². The number of rotatable bonds is 4. The standard InChI is InChI=1S/C15H19N3O4S/c1-8(2)18-13(19)12-9(3)11(4-16-21)23-14(12)17(15(18)20)5-10-6-22-7-10/h4,8,10,21H,5-7H2,1-3H3. The lowest BCUT2D eigenvalue weighted by Crippen LogP contribution is -2.43. The Balaban J connectivity index is 2.36. The molecule has 0 radical (unpaired) electrons. The van der Waals surface area contributed by atoms with Crippen molar-refractivity contribution in [1.82, 2.24) is 9.13 Å². The summed E-state index contributed by atoms with van der Waals surface area (Å²) in [7, 11) is 0. The molecule has 0 saturated carbocycles. The number of ether oxygens (including phenoxy) is 1. The zero-order valence-electron chi connectivity index (χ0n) is 13.3. The Hall–Kier alpha value is -1.93. The van der Waals surface area contributed by atoms with Gasteiger partial charge in [-0.2, -0.15) is 0 Å². The van der Waals surface area contributed by atoms with E-state index in [4.69, 9.17) is 9.94 Å². The van der Waals surface area contributed by atoms with E-state index in [1.54, 1.807) is 4.57 Å². The van der Waals surface area contributed by atoms with Crippen LogP contribution in [0.5, 0.6) is 0 Å². The SMILES string of the molecule is Cc1c(C=NO)sc2c1c(=O)n(C(C)C)c(=O)n2CC1COC1. The highest BCUT2D eigenvalue weighted by Gasteiger charge is 2.25. The summed E-state index contributed by atoms with van der Waals surface area (Å²) in [6.07, 6.45) is 1.31. The molecule has 3 rings (SSSR count). The Labute approximate surface area is 136 Å². The van der Waals surface area contributed by atoms with Gasteiger partial charge in [0, 0.05) is 18.5 Å². The van der Waals surface area contributed by atoms with Crippen molar-refractivity contribution in [2.24, 2.45) is 11.1 Å². The normalized spacial score (nSPS) is 15.8. The molecule has 2 aromatic heterocycles. The summed E-state index contributed by atoms with van der Waals surface area (Å²) < 4.78 is 8.15. The van der Waals surface area contributed by atoms with Crippen LogP contribution in [-0.4, -0.2) is 33.8 Å². The Morgan fingerprint density at radius 2 is 2.13 bits per heavy atom. The molecule has 3 heterocycles. The number of nitrogens with zero attached hydrogens (tertiary/aromatic N) is 3. The molecule has 7 nitrogen and oxygen atoms in total. The van der Waals surface area contributed by atoms with E-state index in [2.05, 4.69) is 5.16 Å². The molecular weight excluding hydrogens is 318 g/mol. The second-order valence-corrected chi connectivity index (χ2v) is 7.11. The largest absolute Gasteiger partial charge is 0.411 e. The molecule has 0 atom stereocenters. The third-order valence-corrected chi connectivity index (χ3v) is 5.37. The number of fused-ring (bicyclic) bond motifs is 1. The average molecular weight is 337 g/mol. The van der Waals surface area contributed by atoms with Crippen LogP contribution in [0.2, 0.25) is 0 Å². The predicted molar refractivity (Wildman–Crippen MR) is 89.2 cm³/mol. The summed E-state index contributed by atoms with van der Waals surface area (Å²) in [5, 5.41) is 12.4. The van der Waals surface area contributed by atoms with Crippen molar-refractivity contribution in [2.75, 3.05) is 13.2 Å². The Morgan fingerprint density at radius 3 is 2.65 bits per heavy atom. The lowest BCUT2D eigenvalue weighted by Gasteiger charge is -2.27. The number of aryl methyl sites for hydroxylation is 1. The highest BCUT2D eigenvalue weighted by Crippen LogP contribution is 2.28. The Bertz CT molecular complexity index is 887. The van der Waals surface area contributed by atoms with E-state index in [-0.39, 0.29) is 23.2 Å². The Kier molecular flexibility index (Phi) is 4.11. The summed E-state index contributed by atoms with van der Waals surface area (Å²) in [5.74, 6) is 0.284. The van der Waals surface area contributed by atoms with Crippen LogP contribution >= 0.6 is 11.3 Å². The van der Waals surface area contributed by atoms with Crippen LogP contribution in [0.1, 0.15) is 30.3 Å². The fraction of sp³-hybridized carbons (Fsp3) is 0.533. The molecule has 1 aliphatic rings. The first-order valence-electron chi connectivity index (χ1n) is 7.49. The molecule has 0 spiro atoms. The third-order valence-electron chi connectivity index (χ3n) is 4.12. The van der Waals surface area contributed by atoms with Crippen molar-refractivity contribution in [3.8, 4) is 0 Å². The molecule has 2 aromatic rings. The number of hydrogen-bond acceptors (Lipinski definition) is 6. The van der Waals surface area contributed by atoms with Gasteiger partial charge >= 0.3 is 5.69 Å². The summed E-state index contributed by atoms with van der Waals surface area (Å²) in [6, 6.07) is -0.224. The monoisotopic (exact) mass is 337 g/mol. The molecule has 8 heteroatoms. The fourth-order valence-corrected chi connectivity index (χ4v) is 3.99. The first-order valence-corrected chi connectivity index (χ1v) is 8.31. The van der Waals surface area contributed by atoms with Gasteiger partial charge in [0.05, 0.1) is 29.7 Å². The number of hydrogen-bond donors (Lipinski definition) is 1. The first kappa shape index (κ1) is 15.9. The molecule has 1 fully saturated rings. The number of aromatic nitrogens is 2. The zero-order valence-corrected chi connectivity index (χ0v) is 14.1. The van der Waals surface area contributed by atoms with Gasteiger partial charge in [-0.3, -0.25) is 13.9 Å². The summed E-state index contributed by atoms with van der Waals surface area (Å²) in [4.78, 5) is 26.9. The molecule has 1 aliphatic heterocycles. The zero-order chi connectivity index (χ0) is 16.7. The van der Waals surface area contributed by atoms with Crippen molar-refractivity contribution in [2.45, 2.75) is 33.4 Å². The maximum atomic E-state index is 12.8. The molecule has 0 aromatic carbocycles. The van der Waals surface area contributed by atoms with Gasteiger partial charge in [0.15, 0.2) is 0 Å². The minimum absolute atomic E-state index is 0.224. The minimum atomic E-state index is -0.293. The van der Waals surface area contributed by atoms with Gasteiger partial charge in [0.2, 0.25) is 0 Å². The summed E-state index contributed by atoms with van der Waals surface area (Å²) >= 11 is 1.30. The van der Waals surface area contributed by atoms with Gasteiger partial charge in [-0.15, -0.1) is 11.3 Å². The summed E-state index contributed by atoms with van der Waals surface area (Å²) in [5.41, 5.74) is 0.159. The van der Waals surface area contributed by atoms with E-state index in [1.807, 2.05) is 20.8 Å². The molecule has 0 bridgehead atoms. The van der Waals surface area contributed by atoms with Crippen molar-refractivity contribution in [1.29, 1.82) is 0 Å². The molecule has 23 heavy (non-hydrogen) atoms. The molecule has 0 aliphatic carbocycles. The third kappa shape index (κ3) is 2.51. The highest BCUT2D eigenvalue weighted by atomic mass is 32.1. The van der Waals surface area contributed by atoms with Crippen LogP contribution in [0, 0.1) is 12.8 Å². The smallest absolute Gasteiger partial charge is 0.332 e. The number of oxime groups is 1. The van der Waals surface area contributed by atoms with E-state index in [0.29, 0.717) is 34.9 Å². The van der Waals surface area contributed by atoms with Crippen LogP contribution in [0.15, 0.2) is 14.7 Å². The molecule has 1 saturated heterocycles. The topological polar surface area (TPSA) is 85.8 Å². The van der Waals surface area contributed by atoms with E-state index in [0.717, 1.165) is 5.56 Å². The maximum absolute atomic E-state index is 12.8. The average Bonchev–Trinajstić information content (AvgIpc) is 2.74. The van der Waals surface area contributed by atoms with Crippen molar-refractivity contribution in [3.05, 3.63) is 31.3 Å². The summed E-state index contributed by atoms with van der Waals surface area (Å²) in [6.45, 7) is 7.24. The predicted octanol–water partition coefficient (Wildman–Crippen LogP) is 1.57. The molecule has 0 amide bonds. The van der Waals surface area contributed by atoms with Crippen molar-refractivity contribution in [3.63, 3.8) is 0 Å². The molecule has 1 N–H and O–H groups in total. The van der Waals surface area contributed by atoms with Crippen LogP contribution < -0.4 is 11.2 Å². The second kappa shape index (κ2) is 5.93. The van der Waals surface area contributed by atoms with Crippen LogP contribution in [0.3, 0.4) is 0 Å².